The number of halogens is 1. The van der Waals surface area contributed by atoms with Crippen LogP contribution in [0.2, 0.25) is 0 Å². The number of hydrogen-bond donors (Lipinski definition) is 2. The second-order valence-corrected chi connectivity index (χ2v) is 7.80. The Morgan fingerprint density at radius 2 is 1.57 bits per heavy atom. The zero-order valence-electron chi connectivity index (χ0n) is 16.0. The molecule has 0 aliphatic heterocycles. The number of anilines is 2. The van der Waals surface area contributed by atoms with Crippen molar-refractivity contribution in [1.82, 2.24) is 0 Å². The Kier molecular flexibility index (Phi) is 6.53. The van der Waals surface area contributed by atoms with Crippen molar-refractivity contribution in [2.45, 2.75) is 4.90 Å². The molecule has 0 aliphatic carbocycles. The van der Waals surface area contributed by atoms with E-state index in [1.165, 1.54) is 49.6 Å². The summed E-state index contributed by atoms with van der Waals surface area (Å²) in [6.07, 6.45) is 0. The molecule has 30 heavy (non-hydrogen) atoms. The van der Waals surface area contributed by atoms with Crippen LogP contribution in [-0.4, -0.2) is 28.0 Å². The van der Waals surface area contributed by atoms with Crippen molar-refractivity contribution >= 4 is 27.3 Å². The molecule has 0 fully saturated rings. The maximum absolute atomic E-state index is 13.5. The Morgan fingerprint density at radius 3 is 2.20 bits per heavy atom. The van der Waals surface area contributed by atoms with Gasteiger partial charge in [-0.3, -0.25) is 9.52 Å². The fourth-order valence-corrected chi connectivity index (χ4v) is 3.54. The van der Waals surface area contributed by atoms with Gasteiger partial charge < -0.3 is 14.8 Å². The Labute approximate surface area is 173 Å². The molecular weight excluding hydrogens is 411 g/mol. The highest BCUT2D eigenvalue weighted by Crippen LogP contribution is 2.21. The van der Waals surface area contributed by atoms with Gasteiger partial charge in [-0.05, 0) is 60.7 Å². The zero-order valence-corrected chi connectivity index (χ0v) is 16.8. The maximum Gasteiger partial charge on any atom is 0.262 e. The summed E-state index contributed by atoms with van der Waals surface area (Å²) in [6.45, 7) is -0.357. The van der Waals surface area contributed by atoms with E-state index in [1.54, 1.807) is 30.3 Å². The fourth-order valence-electron chi connectivity index (χ4n) is 2.49. The van der Waals surface area contributed by atoms with Gasteiger partial charge in [0.25, 0.3) is 15.9 Å². The van der Waals surface area contributed by atoms with E-state index in [-0.39, 0.29) is 17.2 Å². The molecule has 0 saturated heterocycles. The molecule has 1 amide bonds. The largest absolute Gasteiger partial charge is 0.497 e. The van der Waals surface area contributed by atoms with Crippen molar-refractivity contribution < 1.29 is 27.1 Å². The van der Waals surface area contributed by atoms with Crippen molar-refractivity contribution in [2.24, 2.45) is 0 Å². The Morgan fingerprint density at radius 1 is 0.933 bits per heavy atom. The molecule has 0 spiro atoms. The third-order valence-corrected chi connectivity index (χ3v) is 5.39. The van der Waals surface area contributed by atoms with Gasteiger partial charge in [-0.25, -0.2) is 12.8 Å². The fraction of sp³-hybridized carbons (Fsp3) is 0.0952. The summed E-state index contributed by atoms with van der Waals surface area (Å²) in [5.41, 5.74) is 0.443. The summed E-state index contributed by atoms with van der Waals surface area (Å²) in [4.78, 5) is 11.9. The lowest BCUT2D eigenvalue weighted by molar-refractivity contribution is -0.118. The molecule has 0 radical (unpaired) electrons. The molecule has 0 saturated carbocycles. The van der Waals surface area contributed by atoms with Gasteiger partial charge >= 0.3 is 0 Å². The summed E-state index contributed by atoms with van der Waals surface area (Å²) in [7, 11) is -2.27. The summed E-state index contributed by atoms with van der Waals surface area (Å²) in [6, 6.07) is 17.8. The molecule has 0 unspecified atom stereocenters. The quantitative estimate of drug-likeness (QED) is 0.569. The van der Waals surface area contributed by atoms with E-state index in [4.69, 9.17) is 9.47 Å². The lowest BCUT2D eigenvalue weighted by Gasteiger charge is -2.10. The normalized spacial score (nSPS) is 10.9. The topological polar surface area (TPSA) is 93.7 Å². The highest BCUT2D eigenvalue weighted by Gasteiger charge is 2.15. The number of carbonyl (C=O) groups is 1. The van der Waals surface area contributed by atoms with Gasteiger partial charge in [-0.15, -0.1) is 0 Å². The number of rotatable bonds is 8. The number of ether oxygens (including phenoxy) is 2. The summed E-state index contributed by atoms with van der Waals surface area (Å²) < 4.78 is 51.3. The summed E-state index contributed by atoms with van der Waals surface area (Å²) in [5.74, 6) is -0.191. The molecule has 156 valence electrons. The first-order valence-corrected chi connectivity index (χ1v) is 10.3. The lowest BCUT2D eigenvalue weighted by Crippen LogP contribution is -2.20. The van der Waals surface area contributed by atoms with Crippen LogP contribution >= 0.6 is 0 Å². The van der Waals surface area contributed by atoms with Crippen LogP contribution in [0.15, 0.2) is 77.7 Å². The molecule has 0 bridgehead atoms. The molecule has 3 rings (SSSR count). The van der Waals surface area contributed by atoms with Crippen LogP contribution in [0.5, 0.6) is 11.5 Å². The van der Waals surface area contributed by atoms with E-state index in [0.29, 0.717) is 17.2 Å². The van der Waals surface area contributed by atoms with Gasteiger partial charge in [0, 0.05) is 5.69 Å². The first kappa shape index (κ1) is 21.1. The Bertz CT molecular complexity index is 1120. The molecule has 9 heteroatoms. The molecule has 0 heterocycles. The van der Waals surface area contributed by atoms with Crippen LogP contribution < -0.4 is 19.5 Å². The highest BCUT2D eigenvalue weighted by atomic mass is 32.2. The number of methoxy groups -OCH3 is 1. The van der Waals surface area contributed by atoms with Gasteiger partial charge in [0.1, 0.15) is 17.3 Å². The first-order valence-electron chi connectivity index (χ1n) is 8.81. The monoisotopic (exact) mass is 430 g/mol. The molecule has 0 aromatic heterocycles. The third-order valence-electron chi connectivity index (χ3n) is 3.99. The van der Waals surface area contributed by atoms with Crippen molar-refractivity contribution in [3.05, 3.63) is 78.6 Å². The summed E-state index contributed by atoms with van der Waals surface area (Å²) >= 11 is 0. The molecule has 7 nitrogen and oxygen atoms in total. The van der Waals surface area contributed by atoms with Gasteiger partial charge in [-0.2, -0.15) is 0 Å². The van der Waals surface area contributed by atoms with Gasteiger partial charge in [-0.1, -0.05) is 12.1 Å². The predicted molar refractivity (Wildman–Crippen MR) is 111 cm³/mol. The second kappa shape index (κ2) is 9.27. The van der Waals surface area contributed by atoms with Crippen LogP contribution in [0.1, 0.15) is 0 Å². The van der Waals surface area contributed by atoms with E-state index in [1.807, 2.05) is 0 Å². The molecule has 0 aliphatic rings. The number of amides is 1. The van der Waals surface area contributed by atoms with E-state index in [0.717, 1.165) is 0 Å². The van der Waals surface area contributed by atoms with Crippen molar-refractivity contribution in [3.8, 4) is 11.5 Å². The SMILES string of the molecule is COc1ccc(NS(=O)(=O)c2ccc(OCC(=O)Nc3ccccc3F)cc2)cc1. The number of nitrogens with one attached hydrogen (secondary N) is 2. The molecule has 0 atom stereocenters. The molecule has 2 N–H and O–H groups in total. The predicted octanol–water partition coefficient (Wildman–Crippen LogP) is 3.65. The first-order chi connectivity index (χ1) is 14.4. The molecular formula is C21H19FN2O5S. The Hall–Kier alpha value is -3.59. The van der Waals surface area contributed by atoms with E-state index in [2.05, 4.69) is 10.0 Å². The van der Waals surface area contributed by atoms with Crippen LogP contribution in [0, 0.1) is 5.82 Å². The molecule has 3 aromatic rings. The third kappa shape index (κ3) is 5.48. The van der Waals surface area contributed by atoms with Gasteiger partial charge in [0.15, 0.2) is 6.61 Å². The van der Waals surface area contributed by atoms with E-state index < -0.39 is 21.7 Å². The van der Waals surface area contributed by atoms with Crippen molar-refractivity contribution in [3.63, 3.8) is 0 Å². The number of para-hydroxylation sites is 1. The van der Waals surface area contributed by atoms with Crippen LogP contribution in [0.3, 0.4) is 0 Å². The second-order valence-electron chi connectivity index (χ2n) is 6.12. The zero-order chi connectivity index (χ0) is 21.6. The van der Waals surface area contributed by atoms with Gasteiger partial charge in [0.2, 0.25) is 0 Å². The van der Waals surface area contributed by atoms with Crippen LogP contribution in [0.25, 0.3) is 0 Å². The van der Waals surface area contributed by atoms with Gasteiger partial charge in [0.05, 0.1) is 17.7 Å². The number of hydrogen-bond acceptors (Lipinski definition) is 5. The smallest absolute Gasteiger partial charge is 0.262 e. The van der Waals surface area contributed by atoms with Crippen LogP contribution in [0.4, 0.5) is 15.8 Å². The van der Waals surface area contributed by atoms with Crippen LogP contribution in [-0.2, 0) is 14.8 Å². The maximum atomic E-state index is 13.5. The minimum absolute atomic E-state index is 0.0291. The number of benzene rings is 3. The highest BCUT2D eigenvalue weighted by molar-refractivity contribution is 7.92. The molecule has 3 aromatic carbocycles. The minimum atomic E-state index is -3.79. The van der Waals surface area contributed by atoms with E-state index in [9.17, 15) is 17.6 Å². The Balaban J connectivity index is 1.58. The van der Waals surface area contributed by atoms with E-state index >= 15 is 0 Å². The number of sulfonamides is 1. The standard InChI is InChI=1S/C21H19FN2O5S/c1-28-16-8-6-15(7-9-16)24-30(26,27)18-12-10-17(11-13-18)29-14-21(25)23-20-5-3-2-4-19(20)22/h2-13,24H,14H2,1H3,(H,23,25). The summed E-state index contributed by atoms with van der Waals surface area (Å²) in [5, 5.41) is 2.40. The minimum Gasteiger partial charge on any atom is -0.497 e. The van der Waals surface area contributed by atoms with Crippen molar-refractivity contribution in [2.75, 3.05) is 23.8 Å². The number of carbonyl (C=O) groups excluding carboxylic acids is 1. The van der Waals surface area contributed by atoms with Crippen molar-refractivity contribution in [1.29, 1.82) is 0 Å². The average molecular weight is 430 g/mol. The average Bonchev–Trinajstić information content (AvgIpc) is 2.74. The lowest BCUT2D eigenvalue weighted by atomic mass is 10.3.